The van der Waals surface area contributed by atoms with Crippen LogP contribution in [0.5, 0.6) is 0 Å². The van der Waals surface area contributed by atoms with E-state index < -0.39 is 17.8 Å². The molecule has 0 aliphatic carbocycles. The number of amides is 2. The largest absolute Gasteiger partial charge is 0.468 e. The van der Waals surface area contributed by atoms with Gasteiger partial charge in [-0.2, -0.15) is 5.26 Å². The van der Waals surface area contributed by atoms with E-state index in [-0.39, 0.29) is 23.8 Å². The molecule has 2 heterocycles. The van der Waals surface area contributed by atoms with E-state index in [9.17, 15) is 19.6 Å². The summed E-state index contributed by atoms with van der Waals surface area (Å²) in [6.45, 7) is 7.71. The van der Waals surface area contributed by atoms with Crippen molar-refractivity contribution < 1.29 is 23.5 Å². The second-order valence-corrected chi connectivity index (χ2v) is 10.5. The summed E-state index contributed by atoms with van der Waals surface area (Å²) in [5, 5.41) is 19.7. The molecule has 10 heteroatoms. The number of allylic oxidation sites excluding steroid dienone is 2. The Bertz CT molecular complexity index is 1580. The van der Waals surface area contributed by atoms with Crippen LogP contribution in [0.3, 0.4) is 0 Å². The second kappa shape index (κ2) is 13.7. The zero-order chi connectivity index (χ0) is 30.2. The average Bonchev–Trinajstić information content (AvgIpc) is 3.52. The van der Waals surface area contributed by atoms with Crippen LogP contribution in [0.15, 0.2) is 87.1 Å². The Hall–Kier alpha value is -4.75. The lowest BCUT2D eigenvalue weighted by molar-refractivity contribution is -0.114. The average molecular weight is 585 g/mol. The van der Waals surface area contributed by atoms with Crippen molar-refractivity contribution in [1.82, 2.24) is 5.32 Å². The summed E-state index contributed by atoms with van der Waals surface area (Å²) in [7, 11) is 0. The number of carbonyl (C=O) groups is 3. The molecule has 0 bridgehead atoms. The van der Waals surface area contributed by atoms with Crippen molar-refractivity contribution in [3.8, 4) is 6.07 Å². The van der Waals surface area contributed by atoms with Gasteiger partial charge in [-0.25, -0.2) is 4.79 Å². The van der Waals surface area contributed by atoms with Gasteiger partial charge in [0.2, 0.25) is 5.91 Å². The Morgan fingerprint density at radius 2 is 1.81 bits per heavy atom. The van der Waals surface area contributed by atoms with Crippen LogP contribution < -0.4 is 16.0 Å². The number of dihydropyridines is 1. The van der Waals surface area contributed by atoms with Crippen LogP contribution in [-0.4, -0.2) is 30.1 Å². The predicted octanol–water partition coefficient (Wildman–Crippen LogP) is 6.03. The van der Waals surface area contributed by atoms with Crippen LogP contribution in [-0.2, 0) is 20.7 Å². The third kappa shape index (κ3) is 6.75. The van der Waals surface area contributed by atoms with Crippen LogP contribution in [0.1, 0.15) is 53.9 Å². The Morgan fingerprint density at radius 3 is 2.45 bits per heavy atom. The summed E-state index contributed by atoms with van der Waals surface area (Å²) in [6, 6.07) is 17.9. The number of hydrogen-bond acceptors (Lipinski definition) is 8. The SMILES string of the molecule is CCOC(=O)c1ccc(NC(=O)C2=C(C)NC(SCC(=O)Nc3c(C)cccc3CC)=C(C#N)C2c2ccco2)cc1. The first kappa shape index (κ1) is 30.2. The minimum absolute atomic E-state index is 0.0531. The van der Waals surface area contributed by atoms with Gasteiger partial charge in [-0.1, -0.05) is 36.9 Å². The minimum Gasteiger partial charge on any atom is -0.468 e. The van der Waals surface area contributed by atoms with Crippen molar-refractivity contribution in [3.05, 3.63) is 105 Å². The molecule has 1 aliphatic heterocycles. The Morgan fingerprint density at radius 1 is 1.05 bits per heavy atom. The number of nitrogens with one attached hydrogen (secondary N) is 3. The monoisotopic (exact) mass is 584 g/mol. The first-order chi connectivity index (χ1) is 20.3. The first-order valence-corrected chi connectivity index (χ1v) is 14.5. The van der Waals surface area contributed by atoms with Crippen molar-refractivity contribution in [2.45, 2.75) is 40.0 Å². The summed E-state index contributed by atoms with van der Waals surface area (Å²) in [5.41, 5.74) is 4.74. The molecule has 0 saturated carbocycles. The Labute approximate surface area is 249 Å². The van der Waals surface area contributed by atoms with Gasteiger partial charge in [-0.15, -0.1) is 0 Å². The number of ether oxygens (including phenoxy) is 1. The molecule has 1 aromatic heterocycles. The van der Waals surface area contributed by atoms with Gasteiger partial charge in [0, 0.05) is 17.1 Å². The standard InChI is InChI=1S/C32H32N4O5S/c1-5-21-10-7-9-19(3)29(21)36-26(37)18-42-31-24(17-33)28(25-11-8-16-41-25)27(20(4)34-31)30(38)35-23-14-12-22(13-15-23)32(39)40-6-2/h7-16,28,34H,5-6,18H2,1-4H3,(H,35,38)(H,36,37). The van der Waals surface area contributed by atoms with Crippen LogP contribution in [0.25, 0.3) is 0 Å². The molecule has 0 fully saturated rings. The lowest BCUT2D eigenvalue weighted by Gasteiger charge is -2.28. The highest BCUT2D eigenvalue weighted by molar-refractivity contribution is 8.03. The fraction of sp³-hybridized carbons (Fsp3) is 0.250. The number of anilines is 2. The van der Waals surface area contributed by atoms with E-state index >= 15 is 0 Å². The molecular weight excluding hydrogens is 552 g/mol. The van der Waals surface area contributed by atoms with Gasteiger partial charge in [0.1, 0.15) is 5.76 Å². The number of nitriles is 1. The second-order valence-electron chi connectivity index (χ2n) is 9.52. The van der Waals surface area contributed by atoms with Crippen molar-refractivity contribution in [3.63, 3.8) is 0 Å². The van der Waals surface area contributed by atoms with Gasteiger partial charge in [0.15, 0.2) is 0 Å². The molecule has 42 heavy (non-hydrogen) atoms. The third-order valence-corrected chi connectivity index (χ3v) is 7.74. The molecule has 3 aromatic rings. The van der Waals surface area contributed by atoms with E-state index in [2.05, 4.69) is 22.0 Å². The van der Waals surface area contributed by atoms with Crippen molar-refractivity contribution in [2.75, 3.05) is 23.0 Å². The van der Waals surface area contributed by atoms with Crippen molar-refractivity contribution >= 4 is 40.9 Å². The van der Waals surface area contributed by atoms with Gasteiger partial charge < -0.3 is 25.1 Å². The topological polar surface area (TPSA) is 133 Å². The number of furan rings is 1. The molecule has 0 saturated heterocycles. The first-order valence-electron chi connectivity index (χ1n) is 13.5. The van der Waals surface area contributed by atoms with E-state index in [1.165, 1.54) is 18.0 Å². The molecule has 2 amide bonds. The molecule has 1 unspecified atom stereocenters. The fourth-order valence-electron chi connectivity index (χ4n) is 4.69. The molecule has 216 valence electrons. The van der Waals surface area contributed by atoms with E-state index in [1.54, 1.807) is 50.2 Å². The van der Waals surface area contributed by atoms with Crippen molar-refractivity contribution in [1.29, 1.82) is 5.26 Å². The summed E-state index contributed by atoms with van der Waals surface area (Å²) >= 11 is 1.19. The van der Waals surface area contributed by atoms with Crippen LogP contribution >= 0.6 is 11.8 Å². The lowest BCUT2D eigenvalue weighted by atomic mass is 9.85. The number of nitrogens with zero attached hydrogens (tertiary/aromatic N) is 1. The Kier molecular flexibility index (Phi) is 9.89. The van der Waals surface area contributed by atoms with E-state index in [0.717, 1.165) is 23.2 Å². The molecule has 1 aliphatic rings. The third-order valence-electron chi connectivity index (χ3n) is 6.73. The molecule has 0 radical (unpaired) electrons. The Balaban J connectivity index is 1.55. The van der Waals surface area contributed by atoms with Gasteiger partial charge in [0.25, 0.3) is 5.91 Å². The van der Waals surface area contributed by atoms with Gasteiger partial charge in [-0.3, -0.25) is 9.59 Å². The predicted molar refractivity (Wildman–Crippen MR) is 163 cm³/mol. The summed E-state index contributed by atoms with van der Waals surface area (Å²) in [5.74, 6) is -1.41. The van der Waals surface area contributed by atoms with Crippen LogP contribution in [0.4, 0.5) is 11.4 Å². The molecule has 0 spiro atoms. The summed E-state index contributed by atoms with van der Waals surface area (Å²) in [6.07, 6.45) is 2.27. The maximum atomic E-state index is 13.6. The molecule has 3 N–H and O–H groups in total. The number of para-hydroxylation sites is 1. The van der Waals surface area contributed by atoms with Crippen LogP contribution in [0.2, 0.25) is 0 Å². The normalized spacial score (nSPS) is 14.6. The number of carbonyl (C=O) groups excluding carboxylic acids is 3. The van der Waals surface area contributed by atoms with E-state index in [1.807, 2.05) is 32.0 Å². The van der Waals surface area contributed by atoms with E-state index in [0.29, 0.717) is 33.3 Å². The molecule has 2 aromatic carbocycles. The fourth-order valence-corrected chi connectivity index (χ4v) is 5.58. The number of esters is 1. The molecule has 9 nitrogen and oxygen atoms in total. The summed E-state index contributed by atoms with van der Waals surface area (Å²) < 4.78 is 10.7. The number of thioether (sulfide) groups is 1. The molecular formula is C32H32N4O5S. The zero-order valence-electron chi connectivity index (χ0n) is 23.9. The van der Waals surface area contributed by atoms with Crippen LogP contribution in [0, 0.1) is 18.3 Å². The van der Waals surface area contributed by atoms with Gasteiger partial charge in [-0.05, 0) is 74.7 Å². The minimum atomic E-state index is -0.793. The maximum absolute atomic E-state index is 13.6. The number of aryl methyl sites for hydroxylation is 2. The van der Waals surface area contributed by atoms with Gasteiger partial charge >= 0.3 is 5.97 Å². The highest BCUT2D eigenvalue weighted by Crippen LogP contribution is 2.41. The van der Waals surface area contributed by atoms with Crippen molar-refractivity contribution in [2.24, 2.45) is 0 Å². The molecule has 4 rings (SSSR count). The van der Waals surface area contributed by atoms with E-state index in [4.69, 9.17) is 9.15 Å². The smallest absolute Gasteiger partial charge is 0.338 e. The highest BCUT2D eigenvalue weighted by Gasteiger charge is 2.36. The number of rotatable bonds is 10. The molecule has 1 atom stereocenters. The number of benzene rings is 2. The number of hydrogen-bond donors (Lipinski definition) is 3. The lowest BCUT2D eigenvalue weighted by Crippen LogP contribution is -2.31. The highest BCUT2D eigenvalue weighted by atomic mass is 32.2. The quantitative estimate of drug-likeness (QED) is 0.246. The zero-order valence-corrected chi connectivity index (χ0v) is 24.7. The maximum Gasteiger partial charge on any atom is 0.338 e. The van der Waals surface area contributed by atoms with Gasteiger partial charge in [0.05, 0.1) is 52.3 Å². The summed E-state index contributed by atoms with van der Waals surface area (Å²) in [4.78, 5) is 38.5.